The predicted molar refractivity (Wildman–Crippen MR) is 110 cm³/mol. The number of carboxylic acid groups (broad SMARTS) is 1. The van der Waals surface area contributed by atoms with Crippen LogP contribution in [0, 0.1) is 0 Å². The van der Waals surface area contributed by atoms with Crippen LogP contribution >= 0.6 is 0 Å². The average molecular weight is 392 g/mol. The number of imidazole rings is 1. The van der Waals surface area contributed by atoms with Crippen LogP contribution in [0.15, 0.2) is 60.8 Å². The number of aromatic amines is 1. The summed E-state index contributed by atoms with van der Waals surface area (Å²) in [5.74, 6) is -1.39. The van der Waals surface area contributed by atoms with E-state index in [0.29, 0.717) is 17.9 Å². The van der Waals surface area contributed by atoms with Crippen LogP contribution < -0.4 is 0 Å². The van der Waals surface area contributed by atoms with Gasteiger partial charge in [0.1, 0.15) is 17.3 Å². The molecule has 0 aliphatic rings. The number of hydrogen-bond donors (Lipinski definition) is 2. The quantitative estimate of drug-likeness (QED) is 0.605. The lowest BCUT2D eigenvalue weighted by Crippen LogP contribution is -2.29. The number of H-pyrrole nitrogens is 1. The van der Waals surface area contributed by atoms with Crippen molar-refractivity contribution in [1.29, 1.82) is 0 Å². The predicted octanol–water partition coefficient (Wildman–Crippen LogP) is 4.44. The highest BCUT2D eigenvalue weighted by atomic mass is 16.6. The highest BCUT2D eigenvalue weighted by molar-refractivity contribution is 5.88. The van der Waals surface area contributed by atoms with E-state index in [-0.39, 0.29) is 11.5 Å². The first-order valence-corrected chi connectivity index (χ1v) is 9.39. The standard InChI is InChI=1S/C23H24N2O4/c1-23(2,3)29-22(28)18(13-15-7-5-4-6-8-15)20-24-14-19(25-20)16-9-11-17(12-10-16)21(26)27/h4-12,14,18H,13H2,1-3H3,(H,24,25)(H,26,27). The number of aromatic nitrogens is 2. The molecule has 2 N–H and O–H groups in total. The lowest BCUT2D eigenvalue weighted by molar-refractivity contribution is -0.156. The number of benzene rings is 2. The van der Waals surface area contributed by atoms with Crippen molar-refractivity contribution in [1.82, 2.24) is 9.97 Å². The number of nitrogens with zero attached hydrogens (tertiary/aromatic N) is 1. The molecular formula is C23H24N2O4. The number of esters is 1. The molecule has 150 valence electrons. The van der Waals surface area contributed by atoms with Crippen LogP contribution in [-0.2, 0) is 16.0 Å². The van der Waals surface area contributed by atoms with Gasteiger partial charge < -0.3 is 14.8 Å². The molecule has 1 aromatic heterocycles. The second kappa shape index (κ2) is 8.31. The van der Waals surface area contributed by atoms with Crippen LogP contribution in [0.3, 0.4) is 0 Å². The first-order valence-electron chi connectivity index (χ1n) is 9.39. The Balaban J connectivity index is 1.89. The van der Waals surface area contributed by atoms with Gasteiger partial charge in [0.05, 0.1) is 11.3 Å². The topological polar surface area (TPSA) is 92.3 Å². The fraction of sp³-hybridized carbons (Fsp3) is 0.261. The second-order valence-electron chi connectivity index (χ2n) is 7.83. The van der Waals surface area contributed by atoms with Crippen LogP contribution in [-0.4, -0.2) is 32.6 Å². The summed E-state index contributed by atoms with van der Waals surface area (Å²) in [5.41, 5.74) is 2.01. The van der Waals surface area contributed by atoms with Crippen molar-refractivity contribution >= 4 is 11.9 Å². The molecule has 0 aliphatic carbocycles. The van der Waals surface area contributed by atoms with Gasteiger partial charge in [-0.1, -0.05) is 42.5 Å². The zero-order valence-electron chi connectivity index (χ0n) is 16.7. The fourth-order valence-electron chi connectivity index (χ4n) is 2.96. The number of hydrogen-bond acceptors (Lipinski definition) is 4. The molecule has 0 saturated carbocycles. The van der Waals surface area contributed by atoms with Crippen LogP contribution in [0.25, 0.3) is 11.3 Å². The summed E-state index contributed by atoms with van der Waals surface area (Å²) in [6.45, 7) is 5.51. The first kappa shape index (κ1) is 20.3. The Morgan fingerprint density at radius 1 is 1.07 bits per heavy atom. The molecule has 29 heavy (non-hydrogen) atoms. The van der Waals surface area contributed by atoms with Crippen molar-refractivity contribution in [2.45, 2.75) is 38.7 Å². The summed E-state index contributed by atoms with van der Waals surface area (Å²) in [5, 5.41) is 9.04. The third-order valence-corrected chi connectivity index (χ3v) is 4.33. The Bertz CT molecular complexity index is 986. The zero-order valence-corrected chi connectivity index (χ0v) is 16.7. The molecule has 0 amide bonds. The summed E-state index contributed by atoms with van der Waals surface area (Å²) in [6, 6.07) is 16.2. The molecule has 6 heteroatoms. The second-order valence-corrected chi connectivity index (χ2v) is 7.83. The van der Waals surface area contributed by atoms with Crippen LogP contribution in [0.2, 0.25) is 0 Å². The lowest BCUT2D eigenvalue weighted by atomic mass is 9.98. The highest BCUT2D eigenvalue weighted by Gasteiger charge is 2.29. The van der Waals surface area contributed by atoms with Crippen molar-refractivity contribution in [2.75, 3.05) is 0 Å². The molecule has 3 rings (SSSR count). The fourth-order valence-corrected chi connectivity index (χ4v) is 2.96. The van der Waals surface area contributed by atoms with E-state index in [1.165, 1.54) is 12.1 Å². The van der Waals surface area contributed by atoms with Gasteiger partial charge in [-0.15, -0.1) is 0 Å². The van der Waals surface area contributed by atoms with Gasteiger partial charge in [-0.3, -0.25) is 4.79 Å². The lowest BCUT2D eigenvalue weighted by Gasteiger charge is -2.23. The van der Waals surface area contributed by atoms with Gasteiger partial charge in [0.2, 0.25) is 0 Å². The third kappa shape index (κ3) is 5.31. The summed E-state index contributed by atoms with van der Waals surface area (Å²) < 4.78 is 5.62. The minimum atomic E-state index is -0.980. The van der Waals surface area contributed by atoms with E-state index in [9.17, 15) is 9.59 Å². The number of rotatable bonds is 6. The molecule has 0 bridgehead atoms. The summed E-state index contributed by atoms with van der Waals surface area (Å²) >= 11 is 0. The molecule has 0 aliphatic heterocycles. The van der Waals surface area contributed by atoms with Crippen LogP contribution in [0.5, 0.6) is 0 Å². The zero-order chi connectivity index (χ0) is 21.0. The molecule has 1 unspecified atom stereocenters. The van der Waals surface area contributed by atoms with E-state index in [4.69, 9.17) is 9.84 Å². The Labute approximate surface area is 169 Å². The number of ether oxygens (including phenoxy) is 1. The molecule has 0 saturated heterocycles. The maximum atomic E-state index is 12.9. The van der Waals surface area contributed by atoms with E-state index in [0.717, 1.165) is 11.1 Å². The van der Waals surface area contributed by atoms with E-state index in [1.807, 2.05) is 51.1 Å². The van der Waals surface area contributed by atoms with E-state index in [2.05, 4.69) is 9.97 Å². The van der Waals surface area contributed by atoms with Crippen molar-refractivity contribution in [3.8, 4) is 11.3 Å². The van der Waals surface area contributed by atoms with Gasteiger partial charge in [0, 0.05) is 11.8 Å². The molecule has 0 spiro atoms. The third-order valence-electron chi connectivity index (χ3n) is 4.33. The molecule has 3 aromatic rings. The Morgan fingerprint density at radius 2 is 1.72 bits per heavy atom. The van der Waals surface area contributed by atoms with Gasteiger partial charge in [-0.2, -0.15) is 0 Å². The largest absolute Gasteiger partial charge is 0.478 e. The van der Waals surface area contributed by atoms with E-state index < -0.39 is 17.5 Å². The maximum Gasteiger partial charge on any atom is 0.335 e. The van der Waals surface area contributed by atoms with Crippen molar-refractivity contribution in [3.05, 3.63) is 77.7 Å². The van der Waals surface area contributed by atoms with Gasteiger partial charge in [-0.25, -0.2) is 9.78 Å². The van der Waals surface area contributed by atoms with E-state index in [1.54, 1.807) is 18.3 Å². The number of carbonyl (C=O) groups excluding carboxylic acids is 1. The Morgan fingerprint density at radius 3 is 2.31 bits per heavy atom. The van der Waals surface area contributed by atoms with Gasteiger partial charge in [0.25, 0.3) is 0 Å². The maximum absolute atomic E-state index is 12.9. The van der Waals surface area contributed by atoms with Crippen molar-refractivity contribution in [3.63, 3.8) is 0 Å². The number of aromatic carboxylic acids is 1. The smallest absolute Gasteiger partial charge is 0.335 e. The molecule has 6 nitrogen and oxygen atoms in total. The van der Waals surface area contributed by atoms with Crippen molar-refractivity contribution < 1.29 is 19.4 Å². The minimum Gasteiger partial charge on any atom is -0.478 e. The van der Waals surface area contributed by atoms with Crippen LogP contribution in [0.1, 0.15) is 48.4 Å². The molecule has 0 radical (unpaired) electrons. The van der Waals surface area contributed by atoms with Gasteiger partial charge in [0.15, 0.2) is 0 Å². The summed E-state index contributed by atoms with van der Waals surface area (Å²) in [7, 11) is 0. The number of carbonyl (C=O) groups is 2. The average Bonchev–Trinajstić information content (AvgIpc) is 3.15. The molecule has 2 aromatic carbocycles. The Hall–Kier alpha value is -3.41. The SMILES string of the molecule is CC(C)(C)OC(=O)C(Cc1ccccc1)c1nc(-c2ccc(C(=O)O)cc2)c[nH]1. The van der Waals surface area contributed by atoms with Crippen LogP contribution in [0.4, 0.5) is 0 Å². The Kier molecular flexibility index (Phi) is 5.82. The number of carboxylic acids is 1. The molecular weight excluding hydrogens is 368 g/mol. The minimum absolute atomic E-state index is 0.209. The molecule has 1 atom stereocenters. The number of nitrogens with one attached hydrogen (secondary N) is 1. The summed E-state index contributed by atoms with van der Waals surface area (Å²) in [4.78, 5) is 31.6. The summed E-state index contributed by atoms with van der Waals surface area (Å²) in [6.07, 6.45) is 2.17. The molecule has 0 fully saturated rings. The van der Waals surface area contributed by atoms with Gasteiger partial charge in [-0.05, 0) is 44.9 Å². The van der Waals surface area contributed by atoms with Gasteiger partial charge >= 0.3 is 11.9 Å². The van der Waals surface area contributed by atoms with E-state index >= 15 is 0 Å². The van der Waals surface area contributed by atoms with Crippen molar-refractivity contribution in [2.24, 2.45) is 0 Å². The monoisotopic (exact) mass is 392 g/mol. The first-order chi connectivity index (χ1) is 13.7. The normalized spacial score (nSPS) is 12.4. The highest BCUT2D eigenvalue weighted by Crippen LogP contribution is 2.26. The molecule has 1 heterocycles.